The zero-order chi connectivity index (χ0) is 20.2. The lowest BCUT2D eigenvalue weighted by atomic mass is 9.76. The molecule has 0 aromatic rings. The first-order chi connectivity index (χ1) is 12.1. The fraction of sp³-hybridized carbons (Fsp3) is 1.00. The second-order valence-corrected chi connectivity index (χ2v) is 13.8. The van der Waals surface area contributed by atoms with Crippen LogP contribution in [0.5, 0.6) is 0 Å². The van der Waals surface area contributed by atoms with Crippen LogP contribution in [0.15, 0.2) is 0 Å². The molecule has 0 aliphatic heterocycles. The van der Waals surface area contributed by atoms with Gasteiger partial charge in [0.05, 0.1) is 0 Å². The van der Waals surface area contributed by atoms with Crippen LogP contribution in [-0.4, -0.2) is 92.0 Å². The molecule has 0 rings (SSSR count). The fourth-order valence-corrected chi connectivity index (χ4v) is 6.89. The van der Waals surface area contributed by atoms with Crippen LogP contribution in [0.2, 0.25) is 18.6 Å². The molecule has 1 unspecified atom stereocenters. The lowest BCUT2D eigenvalue weighted by Gasteiger charge is -2.41. The van der Waals surface area contributed by atoms with Gasteiger partial charge in [0.15, 0.2) is 8.32 Å². The molecule has 0 aromatic heterocycles. The third-order valence-corrected chi connectivity index (χ3v) is 9.91. The van der Waals surface area contributed by atoms with E-state index in [1.165, 1.54) is 70.2 Å². The van der Waals surface area contributed by atoms with Gasteiger partial charge in [-0.2, -0.15) is 0 Å². The van der Waals surface area contributed by atoms with Gasteiger partial charge in [0.25, 0.3) is 0 Å². The van der Waals surface area contributed by atoms with E-state index >= 15 is 0 Å². The molecule has 0 aliphatic rings. The maximum atomic E-state index is 6.13. The molecule has 0 bridgehead atoms. The minimum absolute atomic E-state index is 0.453. The van der Waals surface area contributed by atoms with Crippen LogP contribution in [0.1, 0.15) is 45.4 Å². The Kier molecular flexibility index (Phi) is 13.3. The zero-order valence-corrected chi connectivity index (χ0v) is 20.5. The molecule has 0 aromatic carbocycles. The Morgan fingerprint density at radius 2 is 1.08 bits per heavy atom. The summed E-state index contributed by atoms with van der Waals surface area (Å²) in [6, 6.07) is 2.54. The normalized spacial score (nSPS) is 15.2. The number of rotatable bonds is 16. The summed E-state index contributed by atoms with van der Waals surface area (Å²) < 4.78 is 6.13. The van der Waals surface area contributed by atoms with Gasteiger partial charge in [0.1, 0.15) is 0 Å². The molecule has 0 radical (unpaired) electrons. The minimum atomic E-state index is -1.61. The molecule has 0 heterocycles. The van der Waals surface area contributed by atoms with E-state index in [1.54, 1.807) is 0 Å². The lowest BCUT2D eigenvalue weighted by molar-refractivity contribution is 0.191. The Bertz CT molecular complexity index is 308. The molecule has 1 atom stereocenters. The first-order valence-electron chi connectivity index (χ1n) is 10.6. The molecule has 0 fully saturated rings. The van der Waals surface area contributed by atoms with Gasteiger partial charge in [0, 0.05) is 7.11 Å². The van der Waals surface area contributed by atoms with Crippen molar-refractivity contribution in [3.05, 3.63) is 0 Å². The maximum absolute atomic E-state index is 6.13. The first-order valence-corrected chi connectivity index (χ1v) is 13.4. The van der Waals surface area contributed by atoms with Crippen LogP contribution in [0.4, 0.5) is 0 Å². The third kappa shape index (κ3) is 11.7. The van der Waals surface area contributed by atoms with Crippen molar-refractivity contribution in [3.8, 4) is 0 Å². The molecule has 26 heavy (non-hydrogen) atoms. The van der Waals surface area contributed by atoms with Gasteiger partial charge in [-0.3, -0.25) is 0 Å². The molecule has 0 spiro atoms. The van der Waals surface area contributed by atoms with Gasteiger partial charge in [-0.05, 0) is 124 Å². The highest BCUT2D eigenvalue weighted by atomic mass is 28.4. The average Bonchev–Trinajstić information content (AvgIpc) is 2.53. The minimum Gasteiger partial charge on any atom is -0.420 e. The molecular weight excluding hydrogens is 338 g/mol. The van der Waals surface area contributed by atoms with Crippen LogP contribution < -0.4 is 0 Å². The standard InChI is InChI=1S/C21H49N3OSi/c1-10-26(9,25-8)20-21(14-11-17-22(2)3,15-12-18-23(4)5)16-13-19-24(6)7/h10-20H2,1-9H3. The van der Waals surface area contributed by atoms with Crippen molar-refractivity contribution in [1.29, 1.82) is 0 Å². The third-order valence-electron chi connectivity index (χ3n) is 5.93. The summed E-state index contributed by atoms with van der Waals surface area (Å²) >= 11 is 0. The van der Waals surface area contributed by atoms with Crippen molar-refractivity contribution in [3.63, 3.8) is 0 Å². The Morgan fingerprint density at radius 3 is 1.31 bits per heavy atom. The quantitative estimate of drug-likeness (QED) is 0.369. The highest BCUT2D eigenvalue weighted by Crippen LogP contribution is 2.44. The second kappa shape index (κ2) is 13.3. The summed E-state index contributed by atoms with van der Waals surface area (Å²) in [6.45, 7) is 8.37. The van der Waals surface area contributed by atoms with Gasteiger partial charge in [0.2, 0.25) is 0 Å². The molecule has 0 N–H and O–H groups in total. The molecule has 0 aliphatic carbocycles. The Labute approximate surface area is 166 Å². The highest BCUT2D eigenvalue weighted by Gasteiger charge is 2.39. The van der Waals surface area contributed by atoms with Crippen molar-refractivity contribution in [2.24, 2.45) is 5.41 Å². The van der Waals surface area contributed by atoms with Gasteiger partial charge in [-0.1, -0.05) is 6.92 Å². The summed E-state index contributed by atoms with van der Waals surface area (Å²) in [6.07, 6.45) is 7.94. The van der Waals surface area contributed by atoms with E-state index in [4.69, 9.17) is 4.43 Å². The highest BCUT2D eigenvalue weighted by molar-refractivity contribution is 6.72. The van der Waals surface area contributed by atoms with Crippen molar-refractivity contribution in [2.45, 2.75) is 64.1 Å². The molecular formula is C21H49N3OSi. The summed E-state index contributed by atoms with van der Waals surface area (Å²) in [7, 11) is 13.5. The summed E-state index contributed by atoms with van der Waals surface area (Å²) in [5.74, 6) is 0. The number of nitrogens with zero attached hydrogens (tertiary/aromatic N) is 3. The van der Waals surface area contributed by atoms with Crippen LogP contribution in [0.25, 0.3) is 0 Å². The smallest absolute Gasteiger partial charge is 0.189 e. The molecule has 0 saturated carbocycles. The van der Waals surface area contributed by atoms with Gasteiger partial charge in [-0.15, -0.1) is 0 Å². The second-order valence-electron chi connectivity index (χ2n) is 9.40. The molecule has 0 saturated heterocycles. The van der Waals surface area contributed by atoms with E-state index in [1.807, 2.05) is 7.11 Å². The molecule has 5 heteroatoms. The zero-order valence-electron chi connectivity index (χ0n) is 19.5. The van der Waals surface area contributed by atoms with E-state index in [9.17, 15) is 0 Å². The molecule has 158 valence electrons. The van der Waals surface area contributed by atoms with Crippen LogP contribution in [0.3, 0.4) is 0 Å². The topological polar surface area (TPSA) is 19.0 Å². The Morgan fingerprint density at radius 1 is 0.731 bits per heavy atom. The monoisotopic (exact) mass is 387 g/mol. The van der Waals surface area contributed by atoms with Crippen LogP contribution in [-0.2, 0) is 4.43 Å². The van der Waals surface area contributed by atoms with Crippen molar-refractivity contribution in [2.75, 3.05) is 69.0 Å². The molecule has 0 amide bonds. The Hall–Kier alpha value is 0.0569. The van der Waals surface area contributed by atoms with Gasteiger partial charge >= 0.3 is 0 Å². The van der Waals surface area contributed by atoms with Crippen LogP contribution in [0, 0.1) is 5.41 Å². The number of hydrogen-bond donors (Lipinski definition) is 0. The predicted molar refractivity (Wildman–Crippen MR) is 120 cm³/mol. The summed E-state index contributed by atoms with van der Waals surface area (Å²) in [5, 5.41) is 0. The average molecular weight is 388 g/mol. The number of hydrogen-bond acceptors (Lipinski definition) is 4. The van der Waals surface area contributed by atoms with E-state index in [2.05, 4.69) is 70.5 Å². The van der Waals surface area contributed by atoms with Crippen molar-refractivity contribution >= 4 is 8.32 Å². The van der Waals surface area contributed by atoms with Gasteiger partial charge in [-0.25, -0.2) is 0 Å². The largest absolute Gasteiger partial charge is 0.420 e. The van der Waals surface area contributed by atoms with E-state index < -0.39 is 8.32 Å². The van der Waals surface area contributed by atoms with E-state index in [0.29, 0.717) is 5.41 Å². The first kappa shape index (κ1) is 26.1. The SMILES string of the molecule is CC[Si](C)(CC(CCCN(C)C)(CCCN(C)C)CCCN(C)C)OC. The van der Waals surface area contributed by atoms with Gasteiger partial charge < -0.3 is 19.1 Å². The van der Waals surface area contributed by atoms with E-state index in [-0.39, 0.29) is 0 Å². The maximum Gasteiger partial charge on any atom is 0.189 e. The fourth-order valence-electron chi connectivity index (χ4n) is 4.09. The summed E-state index contributed by atoms with van der Waals surface area (Å²) in [4.78, 5) is 6.99. The van der Waals surface area contributed by atoms with Crippen LogP contribution >= 0.6 is 0 Å². The van der Waals surface area contributed by atoms with Crippen molar-refractivity contribution < 1.29 is 4.43 Å². The van der Waals surface area contributed by atoms with E-state index in [0.717, 1.165) is 0 Å². The molecule has 4 nitrogen and oxygen atoms in total. The summed E-state index contributed by atoms with van der Waals surface area (Å²) in [5.41, 5.74) is 0.453. The van der Waals surface area contributed by atoms with Crippen molar-refractivity contribution in [1.82, 2.24) is 14.7 Å². The predicted octanol–water partition coefficient (Wildman–Crippen LogP) is 4.24. The lowest BCUT2D eigenvalue weighted by Crippen LogP contribution is -2.40. The Balaban J connectivity index is 5.26.